The van der Waals surface area contributed by atoms with Gasteiger partial charge in [-0.25, -0.2) is 4.79 Å². The summed E-state index contributed by atoms with van der Waals surface area (Å²) in [5.41, 5.74) is 0.987. The summed E-state index contributed by atoms with van der Waals surface area (Å²) in [5.74, 6) is -0.459. The van der Waals surface area contributed by atoms with E-state index in [0.717, 1.165) is 6.08 Å². The molecule has 0 atom stereocenters. The molecule has 0 radical (unpaired) electrons. The van der Waals surface area contributed by atoms with Gasteiger partial charge in [-0.1, -0.05) is 12.1 Å². The largest absolute Gasteiger partial charge is 0.497 e. The minimum absolute atomic E-state index is 0.320. The number of rotatable bonds is 4. The van der Waals surface area contributed by atoms with Gasteiger partial charge in [0.15, 0.2) is 0 Å². The van der Waals surface area contributed by atoms with E-state index in [0.29, 0.717) is 16.9 Å². The number of aliphatic hydroxyl groups excluding tert-OH is 1. The molecular weight excluding hydrogens is 196 g/mol. The molecule has 0 bridgehead atoms. The Morgan fingerprint density at radius 2 is 2.27 bits per heavy atom. The number of hydrogen-bond acceptors (Lipinski definition) is 3. The minimum Gasteiger partial charge on any atom is -0.497 e. The molecule has 0 aromatic heterocycles. The summed E-state index contributed by atoms with van der Waals surface area (Å²) < 4.78 is 5.00. The standard InChI is InChI=1S/C11H12O4/c1-15-10-4-2-3-8(5-10)9(7-12)6-11(13)14/h2-6,12H,7H2,1H3,(H,13,14). The van der Waals surface area contributed by atoms with Crippen LogP contribution in [-0.2, 0) is 4.79 Å². The monoisotopic (exact) mass is 208 g/mol. The van der Waals surface area contributed by atoms with Crippen LogP contribution in [-0.4, -0.2) is 29.9 Å². The van der Waals surface area contributed by atoms with Crippen LogP contribution in [0.15, 0.2) is 30.3 Å². The third-order valence-electron chi connectivity index (χ3n) is 1.91. The molecule has 15 heavy (non-hydrogen) atoms. The van der Waals surface area contributed by atoms with Crippen molar-refractivity contribution < 1.29 is 19.7 Å². The van der Waals surface area contributed by atoms with E-state index in [1.807, 2.05) is 0 Å². The molecule has 1 rings (SSSR count). The molecule has 0 saturated heterocycles. The SMILES string of the molecule is COc1cccc(C(=CC(=O)O)CO)c1. The number of carboxylic acids is 1. The van der Waals surface area contributed by atoms with Gasteiger partial charge in [-0.2, -0.15) is 0 Å². The molecule has 0 unspecified atom stereocenters. The summed E-state index contributed by atoms with van der Waals surface area (Å²) >= 11 is 0. The van der Waals surface area contributed by atoms with E-state index in [1.54, 1.807) is 24.3 Å². The Morgan fingerprint density at radius 1 is 1.53 bits per heavy atom. The molecule has 0 spiro atoms. The molecular formula is C11H12O4. The smallest absolute Gasteiger partial charge is 0.328 e. The predicted octanol–water partition coefficient (Wildman–Crippen LogP) is 1.16. The van der Waals surface area contributed by atoms with Gasteiger partial charge in [0.05, 0.1) is 13.7 Å². The van der Waals surface area contributed by atoms with Gasteiger partial charge in [0, 0.05) is 6.08 Å². The van der Waals surface area contributed by atoms with Crippen molar-refractivity contribution in [3.8, 4) is 5.75 Å². The number of carboxylic acid groups (broad SMARTS) is 1. The summed E-state index contributed by atoms with van der Waals surface area (Å²) in [6.07, 6.45) is 0.981. The van der Waals surface area contributed by atoms with Gasteiger partial charge in [0.1, 0.15) is 5.75 Å². The van der Waals surface area contributed by atoms with Gasteiger partial charge >= 0.3 is 5.97 Å². The molecule has 80 valence electrons. The van der Waals surface area contributed by atoms with Gasteiger partial charge in [-0.05, 0) is 23.3 Å². The lowest BCUT2D eigenvalue weighted by molar-refractivity contribution is -0.131. The van der Waals surface area contributed by atoms with Crippen LogP contribution in [0.1, 0.15) is 5.56 Å². The Kier molecular flexibility index (Phi) is 3.88. The lowest BCUT2D eigenvalue weighted by atomic mass is 10.1. The van der Waals surface area contributed by atoms with Crippen LogP contribution in [0, 0.1) is 0 Å². The minimum atomic E-state index is -1.08. The summed E-state index contributed by atoms with van der Waals surface area (Å²) in [6.45, 7) is -0.320. The molecule has 0 aliphatic heterocycles. The van der Waals surface area contributed by atoms with Crippen molar-refractivity contribution in [3.63, 3.8) is 0 Å². The van der Waals surface area contributed by atoms with Crippen LogP contribution in [0.4, 0.5) is 0 Å². The number of hydrogen-bond donors (Lipinski definition) is 2. The fourth-order valence-electron chi connectivity index (χ4n) is 1.19. The van der Waals surface area contributed by atoms with Gasteiger partial charge in [-0.3, -0.25) is 0 Å². The van der Waals surface area contributed by atoms with Crippen molar-refractivity contribution in [3.05, 3.63) is 35.9 Å². The molecule has 1 aromatic rings. The summed E-state index contributed by atoms with van der Waals surface area (Å²) in [7, 11) is 1.53. The predicted molar refractivity (Wildman–Crippen MR) is 55.7 cm³/mol. The second kappa shape index (κ2) is 5.17. The number of carbonyl (C=O) groups is 1. The molecule has 0 amide bonds. The van der Waals surface area contributed by atoms with Gasteiger partial charge in [0.25, 0.3) is 0 Å². The van der Waals surface area contributed by atoms with Crippen molar-refractivity contribution in [2.45, 2.75) is 0 Å². The number of aliphatic hydroxyl groups is 1. The van der Waals surface area contributed by atoms with Crippen molar-refractivity contribution in [1.82, 2.24) is 0 Å². The Labute approximate surface area is 87.4 Å². The molecule has 4 nitrogen and oxygen atoms in total. The molecule has 0 heterocycles. The summed E-state index contributed by atoms with van der Waals surface area (Å²) in [4.78, 5) is 10.5. The first kappa shape index (κ1) is 11.3. The maximum Gasteiger partial charge on any atom is 0.328 e. The average molecular weight is 208 g/mol. The first-order chi connectivity index (χ1) is 7.17. The van der Waals surface area contributed by atoms with Crippen LogP contribution in [0.2, 0.25) is 0 Å². The van der Waals surface area contributed by atoms with E-state index >= 15 is 0 Å². The third-order valence-corrected chi connectivity index (χ3v) is 1.91. The number of ether oxygens (including phenoxy) is 1. The fraction of sp³-hybridized carbons (Fsp3) is 0.182. The molecule has 0 aliphatic carbocycles. The van der Waals surface area contributed by atoms with Crippen molar-refractivity contribution >= 4 is 11.5 Å². The first-order valence-corrected chi connectivity index (χ1v) is 4.36. The van der Waals surface area contributed by atoms with Crippen LogP contribution in [0.25, 0.3) is 5.57 Å². The molecule has 2 N–H and O–H groups in total. The maximum absolute atomic E-state index is 10.5. The summed E-state index contributed by atoms with van der Waals surface area (Å²) in [5, 5.41) is 17.6. The second-order valence-electron chi connectivity index (χ2n) is 2.90. The van der Waals surface area contributed by atoms with Crippen LogP contribution < -0.4 is 4.74 Å². The average Bonchev–Trinajstić information content (AvgIpc) is 2.25. The molecule has 0 saturated carbocycles. The Morgan fingerprint density at radius 3 is 2.80 bits per heavy atom. The zero-order valence-corrected chi connectivity index (χ0v) is 8.30. The van der Waals surface area contributed by atoms with Gasteiger partial charge < -0.3 is 14.9 Å². The van der Waals surface area contributed by atoms with E-state index < -0.39 is 5.97 Å². The lowest BCUT2D eigenvalue weighted by Crippen LogP contribution is -1.97. The summed E-state index contributed by atoms with van der Waals surface area (Å²) in [6, 6.07) is 6.87. The molecule has 0 fully saturated rings. The van der Waals surface area contributed by atoms with E-state index in [1.165, 1.54) is 7.11 Å². The van der Waals surface area contributed by atoms with Crippen molar-refractivity contribution in [1.29, 1.82) is 0 Å². The van der Waals surface area contributed by atoms with Crippen LogP contribution in [0.3, 0.4) is 0 Å². The third kappa shape index (κ3) is 3.11. The van der Waals surface area contributed by atoms with Crippen LogP contribution >= 0.6 is 0 Å². The molecule has 4 heteroatoms. The normalized spacial score (nSPS) is 11.2. The molecule has 0 aliphatic rings. The van der Waals surface area contributed by atoms with Crippen molar-refractivity contribution in [2.75, 3.05) is 13.7 Å². The van der Waals surface area contributed by atoms with E-state index in [2.05, 4.69) is 0 Å². The quantitative estimate of drug-likeness (QED) is 0.728. The highest BCUT2D eigenvalue weighted by molar-refractivity contribution is 5.90. The van der Waals surface area contributed by atoms with E-state index in [4.69, 9.17) is 14.9 Å². The van der Waals surface area contributed by atoms with Crippen molar-refractivity contribution in [2.24, 2.45) is 0 Å². The number of benzene rings is 1. The Bertz CT molecular complexity index is 382. The van der Waals surface area contributed by atoms with E-state index in [-0.39, 0.29) is 6.61 Å². The zero-order chi connectivity index (χ0) is 11.3. The number of aliphatic carboxylic acids is 1. The lowest BCUT2D eigenvalue weighted by Gasteiger charge is -2.05. The topological polar surface area (TPSA) is 66.8 Å². The first-order valence-electron chi connectivity index (χ1n) is 4.36. The highest BCUT2D eigenvalue weighted by Crippen LogP contribution is 2.19. The fourth-order valence-corrected chi connectivity index (χ4v) is 1.19. The second-order valence-corrected chi connectivity index (χ2v) is 2.90. The molecule has 1 aromatic carbocycles. The zero-order valence-electron chi connectivity index (χ0n) is 8.30. The Hall–Kier alpha value is -1.81. The highest BCUT2D eigenvalue weighted by atomic mass is 16.5. The van der Waals surface area contributed by atoms with Crippen LogP contribution in [0.5, 0.6) is 5.75 Å². The number of methoxy groups -OCH3 is 1. The highest BCUT2D eigenvalue weighted by Gasteiger charge is 2.03. The van der Waals surface area contributed by atoms with E-state index in [9.17, 15) is 4.79 Å². The Balaban J connectivity index is 3.07. The van der Waals surface area contributed by atoms with Gasteiger partial charge in [0.2, 0.25) is 0 Å². The van der Waals surface area contributed by atoms with Gasteiger partial charge in [-0.15, -0.1) is 0 Å². The maximum atomic E-state index is 10.5.